The third kappa shape index (κ3) is 2.13. The summed E-state index contributed by atoms with van der Waals surface area (Å²) >= 11 is 0. The van der Waals surface area contributed by atoms with Crippen LogP contribution in [0.5, 0.6) is 0 Å². The van der Waals surface area contributed by atoms with Crippen LogP contribution in [0.15, 0.2) is 0 Å². The van der Waals surface area contributed by atoms with E-state index in [1.54, 1.807) is 6.92 Å². The molecule has 0 radical (unpaired) electrons. The Hall–Kier alpha value is -1.06. The smallest absolute Gasteiger partial charge is 0.245 e. The second-order valence-electron chi connectivity index (χ2n) is 5.83. The molecule has 1 aliphatic carbocycles. The van der Waals surface area contributed by atoms with Gasteiger partial charge < -0.3 is 10.2 Å². The van der Waals surface area contributed by atoms with Gasteiger partial charge in [0.15, 0.2) is 0 Å². The molecule has 1 aliphatic heterocycles. The first-order valence-electron chi connectivity index (χ1n) is 7.14. The lowest BCUT2D eigenvalue weighted by Crippen LogP contribution is -2.64. The molecule has 18 heavy (non-hydrogen) atoms. The maximum Gasteiger partial charge on any atom is 0.245 e. The summed E-state index contributed by atoms with van der Waals surface area (Å²) < 4.78 is 0. The van der Waals surface area contributed by atoms with Crippen molar-refractivity contribution in [1.82, 2.24) is 10.2 Å². The summed E-state index contributed by atoms with van der Waals surface area (Å²) in [5, 5.41) is 2.77. The van der Waals surface area contributed by atoms with E-state index < -0.39 is 0 Å². The Morgan fingerprint density at radius 3 is 2.44 bits per heavy atom. The van der Waals surface area contributed by atoms with E-state index in [1.807, 2.05) is 11.8 Å². The zero-order chi connectivity index (χ0) is 13.3. The summed E-state index contributed by atoms with van der Waals surface area (Å²) in [5.41, 5.74) is 0.278. The minimum atomic E-state index is -0.366. The van der Waals surface area contributed by atoms with Gasteiger partial charge >= 0.3 is 0 Å². The average molecular weight is 252 g/mol. The second kappa shape index (κ2) is 4.90. The highest BCUT2D eigenvalue weighted by molar-refractivity contribution is 5.96. The van der Waals surface area contributed by atoms with Crippen LogP contribution in [0.2, 0.25) is 0 Å². The third-order valence-electron chi connectivity index (χ3n) is 4.75. The van der Waals surface area contributed by atoms with Gasteiger partial charge in [0.1, 0.15) is 12.1 Å². The van der Waals surface area contributed by atoms with Crippen LogP contribution in [-0.2, 0) is 9.59 Å². The molecule has 2 rings (SSSR count). The molecule has 2 aliphatic rings. The van der Waals surface area contributed by atoms with Gasteiger partial charge in [0.25, 0.3) is 0 Å². The molecule has 2 atom stereocenters. The topological polar surface area (TPSA) is 49.4 Å². The molecule has 1 heterocycles. The van der Waals surface area contributed by atoms with Crippen molar-refractivity contribution in [2.75, 3.05) is 6.54 Å². The van der Waals surface area contributed by atoms with Crippen molar-refractivity contribution in [2.24, 2.45) is 5.41 Å². The number of rotatable bonds is 4. The van der Waals surface area contributed by atoms with E-state index in [9.17, 15) is 9.59 Å². The van der Waals surface area contributed by atoms with Gasteiger partial charge in [0.2, 0.25) is 11.8 Å². The summed E-state index contributed by atoms with van der Waals surface area (Å²) in [7, 11) is 0. The number of carbonyl (C=O) groups excluding carboxylic acids is 2. The molecule has 4 nitrogen and oxygen atoms in total. The highest BCUT2D eigenvalue weighted by atomic mass is 16.2. The molecule has 4 heteroatoms. The molecule has 1 saturated carbocycles. The molecule has 0 aromatic carbocycles. The molecule has 2 unspecified atom stereocenters. The zero-order valence-corrected chi connectivity index (χ0v) is 11.7. The van der Waals surface area contributed by atoms with Crippen molar-refractivity contribution in [3.05, 3.63) is 0 Å². The number of hydrogen-bond acceptors (Lipinski definition) is 2. The number of amides is 2. The molecule has 0 bridgehead atoms. The standard InChI is InChI=1S/C14H24N2O2/c1-4-11-12(17)15-10(3)13(18)16(11)9-14(5-2)7-6-8-14/h10-11H,4-9H2,1-3H3,(H,15,17). The fourth-order valence-corrected chi connectivity index (χ4v) is 3.17. The van der Waals surface area contributed by atoms with Crippen molar-refractivity contribution < 1.29 is 9.59 Å². The fraction of sp³-hybridized carbons (Fsp3) is 0.857. The van der Waals surface area contributed by atoms with E-state index >= 15 is 0 Å². The van der Waals surface area contributed by atoms with Crippen LogP contribution in [0.3, 0.4) is 0 Å². The Bertz CT molecular complexity index is 344. The Kier molecular flexibility index (Phi) is 3.64. The van der Waals surface area contributed by atoms with Crippen LogP contribution in [0.1, 0.15) is 52.9 Å². The molecule has 0 spiro atoms. The molecule has 1 saturated heterocycles. The molecular weight excluding hydrogens is 228 g/mol. The third-order valence-corrected chi connectivity index (χ3v) is 4.75. The summed E-state index contributed by atoms with van der Waals surface area (Å²) in [6, 6.07) is -0.632. The monoisotopic (exact) mass is 252 g/mol. The van der Waals surface area contributed by atoms with Gasteiger partial charge in [0, 0.05) is 6.54 Å². The van der Waals surface area contributed by atoms with Crippen molar-refractivity contribution in [2.45, 2.75) is 65.0 Å². The molecule has 0 aromatic rings. The zero-order valence-electron chi connectivity index (χ0n) is 11.7. The van der Waals surface area contributed by atoms with Crippen LogP contribution in [0, 0.1) is 5.41 Å². The molecule has 2 amide bonds. The van der Waals surface area contributed by atoms with Crippen LogP contribution in [0.4, 0.5) is 0 Å². The van der Waals surface area contributed by atoms with Gasteiger partial charge in [-0.2, -0.15) is 0 Å². The summed E-state index contributed by atoms with van der Waals surface area (Å²) in [6.45, 7) is 6.70. The first-order chi connectivity index (χ1) is 8.53. The van der Waals surface area contributed by atoms with Crippen molar-refractivity contribution in [3.63, 3.8) is 0 Å². The van der Waals surface area contributed by atoms with E-state index in [1.165, 1.54) is 19.3 Å². The second-order valence-corrected chi connectivity index (χ2v) is 5.83. The van der Waals surface area contributed by atoms with E-state index in [2.05, 4.69) is 12.2 Å². The lowest BCUT2D eigenvalue weighted by atomic mass is 9.66. The highest BCUT2D eigenvalue weighted by Crippen LogP contribution is 2.45. The number of nitrogens with one attached hydrogen (secondary N) is 1. The van der Waals surface area contributed by atoms with Gasteiger partial charge in [-0.05, 0) is 38.0 Å². The van der Waals surface area contributed by atoms with Gasteiger partial charge in [-0.15, -0.1) is 0 Å². The van der Waals surface area contributed by atoms with Crippen LogP contribution in [-0.4, -0.2) is 35.3 Å². The van der Waals surface area contributed by atoms with Crippen LogP contribution < -0.4 is 5.32 Å². The molecule has 0 aromatic heterocycles. The Morgan fingerprint density at radius 2 is 2.00 bits per heavy atom. The van der Waals surface area contributed by atoms with E-state index in [4.69, 9.17) is 0 Å². The minimum Gasteiger partial charge on any atom is -0.343 e. The first kappa shape index (κ1) is 13.4. The maximum atomic E-state index is 12.3. The van der Waals surface area contributed by atoms with Crippen LogP contribution in [0.25, 0.3) is 0 Å². The normalized spacial score (nSPS) is 30.9. The molecule has 1 N–H and O–H groups in total. The van der Waals surface area contributed by atoms with Crippen molar-refractivity contribution in [3.8, 4) is 0 Å². The lowest BCUT2D eigenvalue weighted by Gasteiger charge is -2.48. The number of piperazine rings is 1. The average Bonchev–Trinajstić information content (AvgIpc) is 2.30. The summed E-state index contributed by atoms with van der Waals surface area (Å²) in [6.07, 6.45) is 5.45. The minimum absolute atomic E-state index is 0.00942. The van der Waals surface area contributed by atoms with Gasteiger partial charge in [-0.25, -0.2) is 0 Å². The summed E-state index contributed by atoms with van der Waals surface area (Å²) in [4.78, 5) is 26.1. The number of carbonyl (C=O) groups is 2. The summed E-state index contributed by atoms with van der Waals surface area (Å²) in [5.74, 6) is 0.0938. The van der Waals surface area contributed by atoms with Crippen molar-refractivity contribution >= 4 is 11.8 Å². The number of nitrogens with zero attached hydrogens (tertiary/aromatic N) is 1. The van der Waals surface area contributed by atoms with E-state index in [0.29, 0.717) is 6.42 Å². The Balaban J connectivity index is 2.15. The SMILES string of the molecule is CCC1C(=O)NC(C)C(=O)N1CC1(CC)CCC1. The molecule has 2 fully saturated rings. The molecular formula is C14H24N2O2. The predicted octanol–water partition coefficient (Wildman–Crippen LogP) is 1.69. The van der Waals surface area contributed by atoms with Gasteiger partial charge in [-0.3, -0.25) is 9.59 Å². The van der Waals surface area contributed by atoms with Crippen molar-refractivity contribution in [1.29, 1.82) is 0 Å². The van der Waals surface area contributed by atoms with Gasteiger partial charge in [-0.1, -0.05) is 20.3 Å². The fourth-order valence-electron chi connectivity index (χ4n) is 3.17. The molecule has 102 valence electrons. The van der Waals surface area contributed by atoms with E-state index in [0.717, 1.165) is 13.0 Å². The quantitative estimate of drug-likeness (QED) is 0.827. The number of hydrogen-bond donors (Lipinski definition) is 1. The van der Waals surface area contributed by atoms with Gasteiger partial charge in [0.05, 0.1) is 0 Å². The lowest BCUT2D eigenvalue weighted by molar-refractivity contribution is -0.152. The predicted molar refractivity (Wildman–Crippen MR) is 70.0 cm³/mol. The first-order valence-corrected chi connectivity index (χ1v) is 7.14. The Labute approximate surface area is 109 Å². The maximum absolute atomic E-state index is 12.3. The van der Waals surface area contributed by atoms with Crippen LogP contribution >= 0.6 is 0 Å². The highest BCUT2D eigenvalue weighted by Gasteiger charge is 2.44. The Morgan fingerprint density at radius 1 is 1.33 bits per heavy atom. The van der Waals surface area contributed by atoms with E-state index in [-0.39, 0.29) is 29.3 Å². The largest absolute Gasteiger partial charge is 0.343 e.